The van der Waals surface area contributed by atoms with E-state index in [2.05, 4.69) is 15.1 Å². The number of rotatable bonds is 2. The minimum absolute atomic E-state index is 0.584. The number of nitrogen functional groups attached to an aromatic ring is 1. The largest absolute Gasteiger partial charge is 0.374 e. The van der Waals surface area contributed by atoms with Crippen LogP contribution in [0.5, 0.6) is 0 Å². The summed E-state index contributed by atoms with van der Waals surface area (Å²) in [5, 5.41) is 9.52. The van der Waals surface area contributed by atoms with E-state index in [1.54, 1.807) is 0 Å². The van der Waals surface area contributed by atoms with Gasteiger partial charge in [-0.1, -0.05) is 11.3 Å². The summed E-state index contributed by atoms with van der Waals surface area (Å²) in [4.78, 5) is 2.48. The van der Waals surface area contributed by atoms with Gasteiger partial charge in [0, 0.05) is 6.54 Å². The Bertz CT molecular complexity index is 344. The van der Waals surface area contributed by atoms with Crippen molar-refractivity contribution in [1.29, 1.82) is 0 Å². The molecule has 3 rings (SSSR count). The lowest BCUT2D eigenvalue weighted by atomic mass is 10.1. The van der Waals surface area contributed by atoms with Gasteiger partial charge < -0.3 is 5.73 Å². The number of likely N-dealkylation sites (tertiary alicyclic amines) is 1. The molecule has 1 saturated heterocycles. The highest BCUT2D eigenvalue weighted by Crippen LogP contribution is 2.52. The van der Waals surface area contributed by atoms with Crippen molar-refractivity contribution in [2.24, 2.45) is 5.41 Å². The zero-order valence-corrected chi connectivity index (χ0v) is 8.89. The summed E-state index contributed by atoms with van der Waals surface area (Å²) in [6.45, 7) is 3.42. The van der Waals surface area contributed by atoms with Crippen LogP contribution in [0.15, 0.2) is 0 Å². The van der Waals surface area contributed by atoms with Crippen molar-refractivity contribution in [2.45, 2.75) is 25.8 Å². The summed E-state index contributed by atoms with van der Waals surface area (Å²) in [6.07, 6.45) is 4.24. The second kappa shape index (κ2) is 2.90. The van der Waals surface area contributed by atoms with Crippen LogP contribution in [0.1, 0.15) is 24.3 Å². The molecule has 0 amide bonds. The Labute approximate surface area is 87.1 Å². The minimum atomic E-state index is 0.584. The molecule has 2 heterocycles. The van der Waals surface area contributed by atoms with Crippen LogP contribution in [0.3, 0.4) is 0 Å². The fourth-order valence-corrected chi connectivity index (χ4v) is 2.92. The standard InChI is InChI=1S/C9H14N4S/c10-8-12-11-7(14-8)5-13-4-3-9(6-13)1-2-9/h1-6H2,(H2,10,12). The molecule has 1 aromatic rings. The smallest absolute Gasteiger partial charge is 0.203 e. The molecule has 14 heavy (non-hydrogen) atoms. The summed E-state index contributed by atoms with van der Waals surface area (Å²) in [5.41, 5.74) is 6.25. The van der Waals surface area contributed by atoms with Crippen LogP contribution in [0, 0.1) is 5.41 Å². The molecule has 2 fully saturated rings. The Balaban J connectivity index is 1.63. The van der Waals surface area contributed by atoms with Crippen molar-refractivity contribution >= 4 is 16.5 Å². The second-order valence-corrected chi connectivity index (χ2v) is 5.59. The first kappa shape index (κ1) is 8.61. The average Bonchev–Trinajstić information content (AvgIpc) is 2.58. The highest BCUT2D eigenvalue weighted by molar-refractivity contribution is 7.15. The van der Waals surface area contributed by atoms with E-state index in [1.807, 2.05) is 0 Å². The van der Waals surface area contributed by atoms with E-state index >= 15 is 0 Å². The molecular weight excluding hydrogens is 196 g/mol. The number of aromatic nitrogens is 2. The quantitative estimate of drug-likeness (QED) is 0.794. The summed E-state index contributed by atoms with van der Waals surface area (Å²) >= 11 is 1.51. The maximum atomic E-state index is 5.54. The van der Waals surface area contributed by atoms with E-state index in [1.165, 1.54) is 43.7 Å². The SMILES string of the molecule is Nc1nnc(CN2CCC3(CC3)C2)s1. The van der Waals surface area contributed by atoms with Gasteiger partial charge in [-0.15, -0.1) is 10.2 Å². The lowest BCUT2D eigenvalue weighted by molar-refractivity contribution is 0.311. The molecule has 76 valence electrons. The van der Waals surface area contributed by atoms with E-state index in [0.29, 0.717) is 10.5 Å². The number of nitrogens with two attached hydrogens (primary N) is 1. The molecule has 0 unspecified atom stereocenters. The summed E-state index contributed by atoms with van der Waals surface area (Å²) < 4.78 is 0. The van der Waals surface area contributed by atoms with E-state index in [0.717, 1.165) is 11.6 Å². The van der Waals surface area contributed by atoms with Crippen LogP contribution >= 0.6 is 11.3 Å². The van der Waals surface area contributed by atoms with Gasteiger partial charge in [0.1, 0.15) is 5.01 Å². The van der Waals surface area contributed by atoms with Crippen molar-refractivity contribution in [2.75, 3.05) is 18.8 Å². The molecule has 0 atom stereocenters. The van der Waals surface area contributed by atoms with Gasteiger partial charge in [-0.25, -0.2) is 0 Å². The lowest BCUT2D eigenvalue weighted by Gasteiger charge is -2.12. The molecule has 0 bridgehead atoms. The average molecular weight is 210 g/mol. The summed E-state index contributed by atoms with van der Waals surface area (Å²) in [6, 6.07) is 0. The molecule has 1 saturated carbocycles. The van der Waals surface area contributed by atoms with E-state index in [9.17, 15) is 0 Å². The number of anilines is 1. The van der Waals surface area contributed by atoms with Gasteiger partial charge in [-0.05, 0) is 31.2 Å². The molecule has 1 aliphatic carbocycles. The fourth-order valence-electron chi connectivity index (χ4n) is 2.27. The Morgan fingerprint density at radius 2 is 2.21 bits per heavy atom. The predicted molar refractivity (Wildman–Crippen MR) is 55.9 cm³/mol. The zero-order chi connectivity index (χ0) is 9.60. The Morgan fingerprint density at radius 3 is 2.79 bits per heavy atom. The normalized spacial score (nSPS) is 24.6. The van der Waals surface area contributed by atoms with Crippen LogP contribution in [-0.2, 0) is 6.54 Å². The minimum Gasteiger partial charge on any atom is -0.374 e. The first-order valence-electron chi connectivity index (χ1n) is 5.06. The van der Waals surface area contributed by atoms with Crippen molar-refractivity contribution in [3.8, 4) is 0 Å². The molecular formula is C9H14N4S. The van der Waals surface area contributed by atoms with Gasteiger partial charge in [-0.3, -0.25) is 4.90 Å². The molecule has 0 aromatic carbocycles. The van der Waals surface area contributed by atoms with Gasteiger partial charge in [0.15, 0.2) is 0 Å². The molecule has 2 N–H and O–H groups in total. The van der Waals surface area contributed by atoms with Crippen molar-refractivity contribution < 1.29 is 0 Å². The molecule has 1 spiro atoms. The van der Waals surface area contributed by atoms with Crippen LogP contribution in [-0.4, -0.2) is 28.2 Å². The van der Waals surface area contributed by atoms with Gasteiger partial charge in [-0.2, -0.15) is 0 Å². The fraction of sp³-hybridized carbons (Fsp3) is 0.778. The van der Waals surface area contributed by atoms with Crippen LogP contribution < -0.4 is 5.73 Å². The highest BCUT2D eigenvalue weighted by Gasteiger charge is 2.47. The maximum absolute atomic E-state index is 5.54. The maximum Gasteiger partial charge on any atom is 0.203 e. The van der Waals surface area contributed by atoms with Crippen molar-refractivity contribution in [3.63, 3.8) is 0 Å². The van der Waals surface area contributed by atoms with Gasteiger partial charge >= 0.3 is 0 Å². The third-order valence-corrected chi connectivity index (χ3v) is 4.05. The Hall–Kier alpha value is -0.680. The molecule has 5 heteroatoms. The highest BCUT2D eigenvalue weighted by atomic mass is 32.1. The molecule has 1 aliphatic heterocycles. The number of nitrogens with zero attached hydrogens (tertiary/aromatic N) is 3. The first-order valence-corrected chi connectivity index (χ1v) is 5.88. The van der Waals surface area contributed by atoms with E-state index in [4.69, 9.17) is 5.73 Å². The van der Waals surface area contributed by atoms with Gasteiger partial charge in [0.2, 0.25) is 5.13 Å². The Morgan fingerprint density at radius 1 is 1.36 bits per heavy atom. The second-order valence-electron chi connectivity index (χ2n) is 4.49. The zero-order valence-electron chi connectivity index (χ0n) is 8.07. The molecule has 0 radical (unpaired) electrons. The molecule has 1 aromatic heterocycles. The lowest BCUT2D eigenvalue weighted by Crippen LogP contribution is -2.20. The Kier molecular flexibility index (Phi) is 1.79. The van der Waals surface area contributed by atoms with E-state index < -0.39 is 0 Å². The van der Waals surface area contributed by atoms with Crippen molar-refractivity contribution in [3.05, 3.63) is 5.01 Å². The van der Waals surface area contributed by atoms with Crippen LogP contribution in [0.2, 0.25) is 0 Å². The van der Waals surface area contributed by atoms with Gasteiger partial charge in [0.05, 0.1) is 6.54 Å². The summed E-state index contributed by atoms with van der Waals surface area (Å²) in [5.74, 6) is 0. The number of hydrogen-bond donors (Lipinski definition) is 1. The third-order valence-electron chi connectivity index (χ3n) is 3.32. The third kappa shape index (κ3) is 1.50. The van der Waals surface area contributed by atoms with E-state index in [-0.39, 0.29) is 0 Å². The van der Waals surface area contributed by atoms with Crippen molar-refractivity contribution in [1.82, 2.24) is 15.1 Å². The number of hydrogen-bond acceptors (Lipinski definition) is 5. The molecule has 4 nitrogen and oxygen atoms in total. The predicted octanol–water partition coefficient (Wildman–Crippen LogP) is 1.11. The first-order chi connectivity index (χ1) is 6.76. The molecule has 2 aliphatic rings. The van der Waals surface area contributed by atoms with Gasteiger partial charge in [0.25, 0.3) is 0 Å². The van der Waals surface area contributed by atoms with Crippen LogP contribution in [0.25, 0.3) is 0 Å². The summed E-state index contributed by atoms with van der Waals surface area (Å²) in [7, 11) is 0. The monoisotopic (exact) mass is 210 g/mol. The van der Waals surface area contributed by atoms with Crippen LogP contribution in [0.4, 0.5) is 5.13 Å². The topological polar surface area (TPSA) is 55.0 Å².